The van der Waals surface area contributed by atoms with E-state index in [0.29, 0.717) is 11.7 Å². The maximum atomic E-state index is 12.3. The lowest BCUT2D eigenvalue weighted by atomic mass is 9.69. The van der Waals surface area contributed by atoms with Crippen LogP contribution in [-0.2, 0) is 10.0 Å². The Morgan fingerprint density at radius 2 is 2.12 bits per heavy atom. The highest BCUT2D eigenvalue weighted by molar-refractivity contribution is 7.89. The van der Waals surface area contributed by atoms with Gasteiger partial charge in [0, 0.05) is 18.0 Å². The van der Waals surface area contributed by atoms with E-state index >= 15 is 0 Å². The summed E-state index contributed by atoms with van der Waals surface area (Å²) in [5, 5.41) is 9.07. The van der Waals surface area contributed by atoms with Gasteiger partial charge >= 0.3 is 0 Å². The van der Waals surface area contributed by atoms with Gasteiger partial charge in [-0.25, -0.2) is 8.42 Å². The van der Waals surface area contributed by atoms with Gasteiger partial charge in [0.2, 0.25) is 10.0 Å². The zero-order valence-corrected chi connectivity index (χ0v) is 11.3. The molecule has 1 N–H and O–H groups in total. The molecule has 2 saturated carbocycles. The summed E-state index contributed by atoms with van der Waals surface area (Å²) in [6.45, 7) is 4.68. The molecular weight excluding hydrogens is 238 g/mol. The fraction of sp³-hybridized carbons (Fsp3) is 1.00. The standard InChI is InChI=1S/C12H21NO3S/c1-11(2)9-3-4-12(11)8-17(15,16)13(5-6-14)10(12)7-9/h9-10,14H,3-8H2,1-2H3/t9-,10-,12-/m1/s1. The van der Waals surface area contributed by atoms with Crippen LogP contribution in [0.25, 0.3) is 0 Å². The van der Waals surface area contributed by atoms with Gasteiger partial charge in [0.15, 0.2) is 0 Å². The number of aliphatic hydroxyl groups is 1. The molecule has 2 aliphatic carbocycles. The first kappa shape index (κ1) is 11.9. The molecule has 0 aromatic rings. The van der Waals surface area contributed by atoms with Crippen LogP contribution in [0.2, 0.25) is 0 Å². The maximum absolute atomic E-state index is 12.3. The molecule has 0 aromatic heterocycles. The highest BCUT2D eigenvalue weighted by Crippen LogP contribution is 2.69. The van der Waals surface area contributed by atoms with E-state index in [1.165, 1.54) is 6.42 Å². The SMILES string of the molecule is CC1(C)[C@@H]2CC[C@]13CS(=O)(=O)N(CCO)[C@@H]3C2. The molecule has 0 amide bonds. The topological polar surface area (TPSA) is 57.6 Å². The highest BCUT2D eigenvalue weighted by Gasteiger charge is 2.71. The number of sulfonamides is 1. The van der Waals surface area contributed by atoms with Crippen LogP contribution in [-0.4, -0.2) is 42.8 Å². The fourth-order valence-corrected chi connectivity index (χ4v) is 7.33. The second-order valence-corrected chi connectivity index (χ2v) is 8.38. The first-order chi connectivity index (χ1) is 7.85. The van der Waals surface area contributed by atoms with E-state index in [2.05, 4.69) is 13.8 Å². The number of hydrogen-bond donors (Lipinski definition) is 1. The third-order valence-corrected chi connectivity index (χ3v) is 7.89. The van der Waals surface area contributed by atoms with Gasteiger partial charge in [-0.1, -0.05) is 13.8 Å². The largest absolute Gasteiger partial charge is 0.395 e. The number of hydrogen-bond acceptors (Lipinski definition) is 3. The summed E-state index contributed by atoms with van der Waals surface area (Å²) in [6, 6.07) is 0.147. The van der Waals surface area contributed by atoms with Crippen molar-refractivity contribution < 1.29 is 13.5 Å². The van der Waals surface area contributed by atoms with Crippen LogP contribution >= 0.6 is 0 Å². The molecule has 4 nitrogen and oxygen atoms in total. The first-order valence-electron chi connectivity index (χ1n) is 6.45. The Bertz CT molecular complexity index is 445. The molecule has 0 unspecified atom stereocenters. The summed E-state index contributed by atoms with van der Waals surface area (Å²) < 4.78 is 26.1. The van der Waals surface area contributed by atoms with Gasteiger partial charge < -0.3 is 5.11 Å². The molecule has 17 heavy (non-hydrogen) atoms. The van der Waals surface area contributed by atoms with E-state index in [0.717, 1.165) is 12.8 Å². The molecule has 1 saturated heterocycles. The Morgan fingerprint density at radius 1 is 1.41 bits per heavy atom. The molecule has 3 rings (SSSR count). The molecule has 0 aromatic carbocycles. The van der Waals surface area contributed by atoms with Crippen LogP contribution in [0, 0.1) is 16.7 Å². The van der Waals surface area contributed by atoms with E-state index in [4.69, 9.17) is 5.11 Å². The molecule has 3 aliphatic rings. The normalized spacial score (nSPS) is 46.3. The fourth-order valence-electron chi connectivity index (χ4n) is 4.77. The van der Waals surface area contributed by atoms with Gasteiger partial charge in [-0.2, -0.15) is 4.31 Å². The number of rotatable bonds is 2. The van der Waals surface area contributed by atoms with Gasteiger partial charge in [0.25, 0.3) is 0 Å². The summed E-state index contributed by atoms with van der Waals surface area (Å²) in [7, 11) is -3.15. The minimum atomic E-state index is -3.15. The molecule has 1 heterocycles. The molecule has 5 heteroatoms. The first-order valence-corrected chi connectivity index (χ1v) is 8.06. The van der Waals surface area contributed by atoms with E-state index in [1.807, 2.05) is 0 Å². The van der Waals surface area contributed by atoms with Crippen LogP contribution in [0.3, 0.4) is 0 Å². The Morgan fingerprint density at radius 3 is 2.71 bits per heavy atom. The Labute approximate surface area is 103 Å². The van der Waals surface area contributed by atoms with Crippen molar-refractivity contribution in [3.63, 3.8) is 0 Å². The van der Waals surface area contributed by atoms with E-state index in [-0.39, 0.29) is 30.0 Å². The zero-order valence-electron chi connectivity index (χ0n) is 10.5. The second-order valence-electron chi connectivity index (χ2n) is 6.46. The third-order valence-electron chi connectivity index (χ3n) is 5.85. The predicted octanol–water partition coefficient (Wildman–Crippen LogP) is 0.819. The smallest absolute Gasteiger partial charge is 0.215 e. The van der Waals surface area contributed by atoms with Crippen molar-refractivity contribution in [2.75, 3.05) is 18.9 Å². The lowest BCUT2D eigenvalue weighted by molar-refractivity contribution is 0.106. The highest BCUT2D eigenvalue weighted by atomic mass is 32.2. The number of aliphatic hydroxyl groups excluding tert-OH is 1. The van der Waals surface area contributed by atoms with Gasteiger partial charge in [-0.3, -0.25) is 0 Å². The van der Waals surface area contributed by atoms with Crippen LogP contribution in [0.15, 0.2) is 0 Å². The summed E-state index contributed by atoms with van der Waals surface area (Å²) in [6.07, 6.45) is 3.20. The molecule has 1 aliphatic heterocycles. The average Bonchev–Trinajstić information content (AvgIpc) is 2.68. The number of fused-ring (bicyclic) bond motifs is 1. The summed E-state index contributed by atoms with van der Waals surface area (Å²) in [5.74, 6) is 0.956. The van der Waals surface area contributed by atoms with Crippen molar-refractivity contribution in [2.45, 2.75) is 39.2 Å². The Balaban J connectivity index is 2.06. The van der Waals surface area contributed by atoms with E-state index < -0.39 is 10.0 Å². The van der Waals surface area contributed by atoms with Crippen molar-refractivity contribution in [3.05, 3.63) is 0 Å². The van der Waals surface area contributed by atoms with E-state index in [9.17, 15) is 8.42 Å². The van der Waals surface area contributed by atoms with Gasteiger partial charge in [-0.15, -0.1) is 0 Å². The quantitative estimate of drug-likeness (QED) is 0.798. The maximum Gasteiger partial charge on any atom is 0.215 e. The Hall–Kier alpha value is -0.130. The molecular formula is C12H21NO3S. The molecule has 0 radical (unpaired) electrons. The van der Waals surface area contributed by atoms with Crippen molar-refractivity contribution in [2.24, 2.45) is 16.7 Å². The van der Waals surface area contributed by atoms with Crippen LogP contribution in [0.4, 0.5) is 0 Å². The Kier molecular flexibility index (Phi) is 2.28. The van der Waals surface area contributed by atoms with Crippen molar-refractivity contribution in [1.29, 1.82) is 0 Å². The minimum absolute atomic E-state index is 0.0499. The number of nitrogens with zero attached hydrogens (tertiary/aromatic N) is 1. The summed E-state index contributed by atoms with van der Waals surface area (Å²) in [5.41, 5.74) is 0.0839. The van der Waals surface area contributed by atoms with Crippen LogP contribution in [0.5, 0.6) is 0 Å². The van der Waals surface area contributed by atoms with Gasteiger partial charge in [0.05, 0.1) is 12.4 Å². The summed E-state index contributed by atoms with van der Waals surface area (Å²) >= 11 is 0. The van der Waals surface area contributed by atoms with Gasteiger partial charge in [0.1, 0.15) is 0 Å². The monoisotopic (exact) mass is 259 g/mol. The van der Waals surface area contributed by atoms with Crippen molar-refractivity contribution in [3.8, 4) is 0 Å². The predicted molar refractivity (Wildman–Crippen MR) is 64.9 cm³/mol. The van der Waals surface area contributed by atoms with Crippen molar-refractivity contribution in [1.82, 2.24) is 4.31 Å². The molecule has 98 valence electrons. The van der Waals surface area contributed by atoms with E-state index in [1.54, 1.807) is 4.31 Å². The third kappa shape index (κ3) is 1.23. The summed E-state index contributed by atoms with van der Waals surface area (Å²) in [4.78, 5) is 0. The van der Waals surface area contributed by atoms with Gasteiger partial charge in [-0.05, 0) is 30.6 Å². The molecule has 2 bridgehead atoms. The van der Waals surface area contributed by atoms with Crippen LogP contribution in [0.1, 0.15) is 33.1 Å². The molecule has 1 spiro atoms. The number of β-amino-alcohol motifs (C(OH)–C–C–N with tert-alkyl or cyclic N) is 1. The lowest BCUT2D eigenvalue weighted by Crippen LogP contribution is -2.42. The second kappa shape index (κ2) is 3.25. The van der Waals surface area contributed by atoms with Crippen LogP contribution < -0.4 is 0 Å². The minimum Gasteiger partial charge on any atom is -0.395 e. The molecule has 3 fully saturated rings. The zero-order chi connectivity index (χ0) is 12.5. The lowest BCUT2D eigenvalue weighted by Gasteiger charge is -2.37. The average molecular weight is 259 g/mol. The molecule has 3 atom stereocenters. The van der Waals surface area contributed by atoms with Crippen molar-refractivity contribution >= 4 is 10.0 Å².